The molecule has 0 N–H and O–H groups in total. The van der Waals surface area contributed by atoms with E-state index in [0.29, 0.717) is 6.04 Å². The molecule has 70 valence electrons. The molecule has 2 saturated carbocycles. The van der Waals surface area contributed by atoms with Crippen molar-refractivity contribution in [3.8, 4) is 6.07 Å². The molecule has 0 saturated heterocycles. The fraction of sp³-hybridized carbons (Fsp3) is 0.900. The maximum atomic E-state index is 8.91. The van der Waals surface area contributed by atoms with Gasteiger partial charge in [-0.15, -0.1) is 0 Å². The standard InChI is InChI=1S/C10H15N3/c11-8-10(6-3-7-10)13-12-9-4-1-2-5-9/h9H,1-7H2/b13-12+. The van der Waals surface area contributed by atoms with Gasteiger partial charge in [0, 0.05) is 0 Å². The summed E-state index contributed by atoms with van der Waals surface area (Å²) in [7, 11) is 0. The van der Waals surface area contributed by atoms with E-state index in [1.54, 1.807) is 0 Å². The third-order valence-electron chi connectivity index (χ3n) is 3.13. The molecular weight excluding hydrogens is 162 g/mol. The van der Waals surface area contributed by atoms with Gasteiger partial charge < -0.3 is 0 Å². The van der Waals surface area contributed by atoms with Crippen LogP contribution in [0.2, 0.25) is 0 Å². The summed E-state index contributed by atoms with van der Waals surface area (Å²) in [6.45, 7) is 0. The monoisotopic (exact) mass is 177 g/mol. The van der Waals surface area contributed by atoms with E-state index in [4.69, 9.17) is 5.26 Å². The van der Waals surface area contributed by atoms with Crippen molar-refractivity contribution in [2.24, 2.45) is 10.2 Å². The van der Waals surface area contributed by atoms with Gasteiger partial charge in [-0.25, -0.2) is 0 Å². The molecule has 0 bridgehead atoms. The van der Waals surface area contributed by atoms with Crippen LogP contribution < -0.4 is 0 Å². The zero-order chi connectivity index (χ0) is 9.15. The summed E-state index contributed by atoms with van der Waals surface area (Å²) in [4.78, 5) is 0. The number of nitriles is 1. The summed E-state index contributed by atoms with van der Waals surface area (Å²) < 4.78 is 0. The highest BCUT2D eigenvalue weighted by atomic mass is 15.2. The van der Waals surface area contributed by atoms with E-state index in [1.807, 2.05) is 0 Å². The molecule has 0 heterocycles. The number of hydrogen-bond donors (Lipinski definition) is 0. The molecule has 2 aliphatic rings. The van der Waals surface area contributed by atoms with Crippen LogP contribution in [0.1, 0.15) is 44.9 Å². The van der Waals surface area contributed by atoms with Crippen LogP contribution in [-0.2, 0) is 0 Å². The molecule has 0 aromatic rings. The minimum Gasteiger partial charge on any atom is -0.196 e. The highest BCUT2D eigenvalue weighted by Crippen LogP contribution is 2.36. The molecular formula is C10H15N3. The molecule has 3 heteroatoms. The first kappa shape index (κ1) is 8.68. The second-order valence-corrected chi connectivity index (χ2v) is 4.15. The Morgan fingerprint density at radius 2 is 1.85 bits per heavy atom. The topological polar surface area (TPSA) is 48.5 Å². The van der Waals surface area contributed by atoms with Crippen LogP contribution in [0.15, 0.2) is 10.2 Å². The molecule has 0 aliphatic heterocycles. The van der Waals surface area contributed by atoms with Crippen molar-refractivity contribution in [1.29, 1.82) is 5.26 Å². The highest BCUT2D eigenvalue weighted by molar-refractivity contribution is 5.12. The van der Waals surface area contributed by atoms with E-state index in [2.05, 4.69) is 16.3 Å². The summed E-state index contributed by atoms with van der Waals surface area (Å²) >= 11 is 0. The SMILES string of the molecule is N#CC1(/N=N/C2CCCC2)CCC1. The van der Waals surface area contributed by atoms with Crippen molar-refractivity contribution in [3.05, 3.63) is 0 Å². The molecule has 0 atom stereocenters. The Bertz CT molecular complexity index is 241. The molecule has 0 radical (unpaired) electrons. The lowest BCUT2D eigenvalue weighted by atomic mass is 9.79. The second kappa shape index (κ2) is 3.45. The summed E-state index contributed by atoms with van der Waals surface area (Å²) in [5, 5.41) is 17.4. The van der Waals surface area contributed by atoms with Crippen LogP contribution in [0.25, 0.3) is 0 Å². The molecule has 0 spiro atoms. The number of rotatable bonds is 2. The Labute approximate surface area is 78.9 Å². The minimum atomic E-state index is -0.414. The van der Waals surface area contributed by atoms with Gasteiger partial charge in [-0.2, -0.15) is 15.5 Å². The molecule has 13 heavy (non-hydrogen) atoms. The summed E-state index contributed by atoms with van der Waals surface area (Å²) in [6.07, 6.45) is 7.87. The van der Waals surface area contributed by atoms with Gasteiger partial charge in [0.05, 0.1) is 12.1 Å². The summed E-state index contributed by atoms with van der Waals surface area (Å²) in [5.41, 5.74) is -0.414. The van der Waals surface area contributed by atoms with Gasteiger partial charge in [0.25, 0.3) is 0 Å². The van der Waals surface area contributed by atoms with Crippen molar-refractivity contribution < 1.29 is 0 Å². The van der Waals surface area contributed by atoms with E-state index in [9.17, 15) is 0 Å². The Kier molecular flexibility index (Phi) is 2.30. The van der Waals surface area contributed by atoms with E-state index in [-0.39, 0.29) is 0 Å². The maximum absolute atomic E-state index is 8.91. The van der Waals surface area contributed by atoms with Gasteiger partial charge >= 0.3 is 0 Å². The molecule has 0 unspecified atom stereocenters. The fourth-order valence-electron chi connectivity index (χ4n) is 1.96. The van der Waals surface area contributed by atoms with Gasteiger partial charge in [-0.3, -0.25) is 0 Å². The van der Waals surface area contributed by atoms with Crippen molar-refractivity contribution >= 4 is 0 Å². The van der Waals surface area contributed by atoms with Crippen molar-refractivity contribution in [2.45, 2.75) is 56.5 Å². The zero-order valence-corrected chi connectivity index (χ0v) is 7.87. The van der Waals surface area contributed by atoms with Gasteiger partial charge in [-0.05, 0) is 32.1 Å². The lowest BCUT2D eigenvalue weighted by Crippen LogP contribution is -2.32. The average molecular weight is 177 g/mol. The first-order valence-electron chi connectivity index (χ1n) is 5.18. The van der Waals surface area contributed by atoms with E-state index in [0.717, 1.165) is 19.3 Å². The van der Waals surface area contributed by atoms with E-state index in [1.165, 1.54) is 25.7 Å². The van der Waals surface area contributed by atoms with Crippen molar-refractivity contribution in [3.63, 3.8) is 0 Å². The van der Waals surface area contributed by atoms with Gasteiger partial charge in [-0.1, -0.05) is 12.8 Å². The third-order valence-corrected chi connectivity index (χ3v) is 3.13. The predicted octanol–water partition coefficient (Wildman–Crippen LogP) is 2.83. The number of hydrogen-bond acceptors (Lipinski definition) is 3. The quantitative estimate of drug-likeness (QED) is 0.598. The Morgan fingerprint density at radius 3 is 2.31 bits per heavy atom. The lowest BCUT2D eigenvalue weighted by molar-refractivity contribution is 0.309. The van der Waals surface area contributed by atoms with Crippen LogP contribution in [0.4, 0.5) is 0 Å². The predicted molar refractivity (Wildman–Crippen MR) is 49.3 cm³/mol. The van der Waals surface area contributed by atoms with Crippen molar-refractivity contribution in [2.75, 3.05) is 0 Å². The molecule has 0 amide bonds. The Balaban J connectivity index is 1.91. The van der Waals surface area contributed by atoms with Gasteiger partial charge in [0.2, 0.25) is 0 Å². The third kappa shape index (κ3) is 1.72. The lowest BCUT2D eigenvalue weighted by Gasteiger charge is -2.29. The van der Waals surface area contributed by atoms with Gasteiger partial charge in [0.15, 0.2) is 5.54 Å². The van der Waals surface area contributed by atoms with Crippen LogP contribution in [0.5, 0.6) is 0 Å². The van der Waals surface area contributed by atoms with E-state index >= 15 is 0 Å². The van der Waals surface area contributed by atoms with Crippen molar-refractivity contribution in [1.82, 2.24) is 0 Å². The molecule has 0 aromatic carbocycles. The molecule has 2 fully saturated rings. The zero-order valence-electron chi connectivity index (χ0n) is 7.87. The van der Waals surface area contributed by atoms with Crippen LogP contribution in [0.3, 0.4) is 0 Å². The molecule has 2 rings (SSSR count). The highest BCUT2D eigenvalue weighted by Gasteiger charge is 2.37. The second-order valence-electron chi connectivity index (χ2n) is 4.15. The van der Waals surface area contributed by atoms with E-state index < -0.39 is 5.54 Å². The Morgan fingerprint density at radius 1 is 1.15 bits per heavy atom. The van der Waals surface area contributed by atoms with Gasteiger partial charge in [0.1, 0.15) is 0 Å². The summed E-state index contributed by atoms with van der Waals surface area (Å²) in [6, 6.07) is 2.70. The molecule has 0 aromatic heterocycles. The van der Waals surface area contributed by atoms with Crippen LogP contribution in [0, 0.1) is 11.3 Å². The molecule has 2 aliphatic carbocycles. The maximum Gasteiger partial charge on any atom is 0.167 e. The first-order valence-corrected chi connectivity index (χ1v) is 5.18. The smallest absolute Gasteiger partial charge is 0.167 e. The first-order chi connectivity index (χ1) is 6.35. The fourth-order valence-corrected chi connectivity index (χ4v) is 1.96. The normalized spacial score (nSPS) is 27.3. The Hall–Kier alpha value is -0.910. The minimum absolute atomic E-state index is 0.414. The van der Waals surface area contributed by atoms with Crippen LogP contribution >= 0.6 is 0 Å². The number of nitrogens with zero attached hydrogens (tertiary/aromatic N) is 3. The van der Waals surface area contributed by atoms with Crippen LogP contribution in [-0.4, -0.2) is 11.6 Å². The average Bonchev–Trinajstić information content (AvgIpc) is 2.56. The largest absolute Gasteiger partial charge is 0.196 e. The number of azo groups is 1. The molecule has 3 nitrogen and oxygen atoms in total. The summed E-state index contributed by atoms with van der Waals surface area (Å²) in [5.74, 6) is 0.